The molecule has 0 saturated carbocycles. The summed E-state index contributed by atoms with van der Waals surface area (Å²) in [5, 5.41) is 0. The van der Waals surface area contributed by atoms with Gasteiger partial charge in [-0.2, -0.15) is 13.2 Å². The Hall–Kier alpha value is -1.01. The Balaban J connectivity index is 3.07. The first-order chi connectivity index (χ1) is 5.67. The van der Waals surface area contributed by atoms with Crippen LogP contribution in [-0.2, 0) is 22.4 Å². The minimum atomic E-state index is -3.53. The molecular weight excluding hydrogens is 196 g/mol. The van der Waals surface area contributed by atoms with Gasteiger partial charge in [0, 0.05) is 0 Å². The molecule has 1 N–H and O–H groups in total. The van der Waals surface area contributed by atoms with E-state index in [1.165, 1.54) is 12.1 Å². The first-order valence-corrected chi connectivity index (χ1v) is 4.91. The topological polar surface area (TPSA) is 58.5 Å². The number of nitrogens with one attached hydrogen (secondary N) is 1. The molecule has 0 aliphatic rings. The molecule has 0 bridgehead atoms. The summed E-state index contributed by atoms with van der Waals surface area (Å²) in [7, 11) is -3.53. The number of rotatable bonds is 3. The van der Waals surface area contributed by atoms with Gasteiger partial charge in [-0.05, 0) is 12.1 Å². The zero-order valence-corrected chi connectivity index (χ0v) is 7.60. The molecule has 0 aliphatic carbocycles. The second kappa shape index (κ2) is 3.59. The van der Waals surface area contributed by atoms with Gasteiger partial charge in [0.1, 0.15) is 0 Å². The largest absolute Gasteiger partial charge is 0.277 e. The molecule has 0 spiro atoms. The summed E-state index contributed by atoms with van der Waals surface area (Å²) in [6.45, 7) is 0. The molecule has 1 aromatic carbocycles. The van der Waals surface area contributed by atoms with E-state index in [-0.39, 0.29) is 4.90 Å². The molecule has 0 amide bonds. The van der Waals surface area contributed by atoms with Gasteiger partial charge in [0.05, 0.1) is 17.3 Å². The van der Waals surface area contributed by atoms with Gasteiger partial charge < -0.3 is 0 Å². The summed E-state index contributed by atoms with van der Waals surface area (Å²) >= 11 is 4.13. The molecule has 6 heteroatoms. The Morgan fingerprint density at radius 2 is 1.83 bits per heavy atom. The molecule has 4 nitrogen and oxygen atoms in total. The van der Waals surface area contributed by atoms with Gasteiger partial charge in [-0.3, -0.25) is 0 Å². The first-order valence-electron chi connectivity index (χ1n) is 3.06. The molecule has 1 aromatic rings. The van der Waals surface area contributed by atoms with Crippen LogP contribution in [0.3, 0.4) is 0 Å². The van der Waals surface area contributed by atoms with Crippen LogP contribution in [0.1, 0.15) is 0 Å². The normalized spacial score (nSPS) is 10.7. The fourth-order valence-corrected chi connectivity index (χ4v) is 1.71. The number of benzene rings is 1. The maximum absolute atomic E-state index is 11.2. The minimum Gasteiger partial charge on any atom is -0.200 e. The van der Waals surface area contributed by atoms with Crippen LogP contribution in [0.5, 0.6) is 0 Å². The van der Waals surface area contributed by atoms with Crippen molar-refractivity contribution >= 4 is 22.4 Å². The summed E-state index contributed by atoms with van der Waals surface area (Å²) in [4.78, 5) is 2.00. The van der Waals surface area contributed by atoms with Crippen molar-refractivity contribution in [1.29, 1.82) is 0 Å². The predicted molar refractivity (Wildman–Crippen MR) is 46.6 cm³/mol. The van der Waals surface area contributed by atoms with Crippen LogP contribution in [0.15, 0.2) is 39.7 Å². The molecule has 0 aliphatic heterocycles. The zero-order valence-electron chi connectivity index (χ0n) is 5.97. The average molecular weight is 202 g/mol. The van der Waals surface area contributed by atoms with Crippen LogP contribution in [-0.4, -0.2) is 8.42 Å². The fourth-order valence-electron chi connectivity index (χ4n) is 0.701. The summed E-state index contributed by atoms with van der Waals surface area (Å²) < 4.78 is 25.3. The van der Waals surface area contributed by atoms with Crippen molar-refractivity contribution in [2.24, 2.45) is 4.47 Å². The lowest BCUT2D eigenvalue weighted by atomic mass is 10.4. The van der Waals surface area contributed by atoms with Crippen molar-refractivity contribution in [3.05, 3.63) is 30.3 Å². The molecule has 0 aromatic heterocycles. The lowest BCUT2D eigenvalue weighted by Gasteiger charge is -1.99. The van der Waals surface area contributed by atoms with E-state index in [1.54, 1.807) is 18.2 Å². The van der Waals surface area contributed by atoms with E-state index in [2.05, 4.69) is 16.9 Å². The molecule has 0 heterocycles. The van der Waals surface area contributed by atoms with Crippen molar-refractivity contribution in [1.82, 2.24) is 4.83 Å². The van der Waals surface area contributed by atoms with E-state index in [4.69, 9.17) is 0 Å². The summed E-state index contributed by atoms with van der Waals surface area (Å²) in [6, 6.07) is 7.89. The van der Waals surface area contributed by atoms with Gasteiger partial charge in [0.15, 0.2) is 0 Å². The molecule has 64 valence electrons. The SMILES string of the molecule is O=S(=O)(NN=S)c1ccccc1. The monoisotopic (exact) mass is 202 g/mol. The fraction of sp³-hybridized carbons (Fsp3) is 0. The number of nitrogens with zero attached hydrogens (tertiary/aromatic N) is 1. The quantitative estimate of drug-likeness (QED) is 0.731. The molecule has 0 radical (unpaired) electrons. The third-order valence-electron chi connectivity index (χ3n) is 1.21. The van der Waals surface area contributed by atoms with E-state index in [0.29, 0.717) is 0 Å². The lowest BCUT2D eigenvalue weighted by molar-refractivity contribution is 0.585. The van der Waals surface area contributed by atoms with Gasteiger partial charge in [-0.1, -0.05) is 22.7 Å². The van der Waals surface area contributed by atoms with Crippen molar-refractivity contribution in [3.8, 4) is 0 Å². The smallest absolute Gasteiger partial charge is 0.200 e. The van der Waals surface area contributed by atoms with Crippen molar-refractivity contribution < 1.29 is 8.42 Å². The van der Waals surface area contributed by atoms with Gasteiger partial charge in [-0.15, -0.1) is 0 Å². The highest BCUT2D eigenvalue weighted by Crippen LogP contribution is 2.06. The lowest BCUT2D eigenvalue weighted by Crippen LogP contribution is -2.16. The van der Waals surface area contributed by atoms with Gasteiger partial charge in [-0.25, -0.2) is 0 Å². The van der Waals surface area contributed by atoms with Crippen LogP contribution >= 0.6 is 0 Å². The van der Waals surface area contributed by atoms with E-state index in [1.807, 2.05) is 4.83 Å². The van der Waals surface area contributed by atoms with E-state index >= 15 is 0 Å². The maximum Gasteiger partial charge on any atom is 0.277 e. The van der Waals surface area contributed by atoms with Crippen LogP contribution in [0, 0.1) is 0 Å². The Kier molecular flexibility index (Phi) is 2.72. The van der Waals surface area contributed by atoms with Gasteiger partial charge in [0.25, 0.3) is 10.0 Å². The molecule has 1 rings (SSSR count). The number of hydrogen-bond donors (Lipinski definition) is 1. The van der Waals surface area contributed by atoms with Crippen molar-refractivity contribution in [3.63, 3.8) is 0 Å². The van der Waals surface area contributed by atoms with Crippen LogP contribution < -0.4 is 4.83 Å². The molecular formula is C6H6N2O2S2. The molecule has 0 fully saturated rings. The van der Waals surface area contributed by atoms with Crippen LogP contribution in [0.4, 0.5) is 0 Å². The second-order valence-corrected chi connectivity index (χ2v) is 3.84. The standard InChI is InChI=1S/C6H6N2O2S2/c9-12(10,8-7-11)6-4-2-1-3-5-6/h1-5H,(H,8,11). The zero-order chi connectivity index (χ0) is 9.03. The van der Waals surface area contributed by atoms with E-state index < -0.39 is 10.0 Å². The van der Waals surface area contributed by atoms with Crippen LogP contribution in [0.25, 0.3) is 0 Å². The molecule has 12 heavy (non-hydrogen) atoms. The highest BCUT2D eigenvalue weighted by atomic mass is 32.2. The molecule has 0 saturated heterocycles. The highest BCUT2D eigenvalue weighted by Gasteiger charge is 2.10. The number of hydrogen-bond acceptors (Lipinski definition) is 4. The Morgan fingerprint density at radius 3 is 2.33 bits per heavy atom. The summed E-state index contributed by atoms with van der Waals surface area (Å²) in [5.74, 6) is 0. The van der Waals surface area contributed by atoms with Gasteiger partial charge >= 0.3 is 0 Å². The van der Waals surface area contributed by atoms with Crippen LogP contribution in [0.2, 0.25) is 0 Å². The summed E-state index contributed by atoms with van der Waals surface area (Å²) in [5.41, 5.74) is 0. The third kappa shape index (κ3) is 1.99. The predicted octanol–water partition coefficient (Wildman–Crippen LogP) is 0.610. The Labute approximate surface area is 75.8 Å². The minimum absolute atomic E-state index is 0.151. The Morgan fingerprint density at radius 1 is 1.25 bits per heavy atom. The molecule has 0 atom stereocenters. The Bertz CT molecular complexity index is 360. The van der Waals surface area contributed by atoms with Gasteiger partial charge in [0.2, 0.25) is 0 Å². The maximum atomic E-state index is 11.2. The highest BCUT2D eigenvalue weighted by molar-refractivity contribution is 7.89. The van der Waals surface area contributed by atoms with Crippen molar-refractivity contribution in [2.75, 3.05) is 0 Å². The van der Waals surface area contributed by atoms with Crippen molar-refractivity contribution in [2.45, 2.75) is 4.90 Å². The number of sulfonamides is 1. The second-order valence-electron chi connectivity index (χ2n) is 2.00. The van der Waals surface area contributed by atoms with E-state index in [0.717, 1.165) is 0 Å². The average Bonchev–Trinajstić information content (AvgIpc) is 2.06. The van der Waals surface area contributed by atoms with E-state index in [9.17, 15) is 8.42 Å². The first kappa shape index (κ1) is 9.08. The third-order valence-corrected chi connectivity index (χ3v) is 2.64. The summed E-state index contributed by atoms with van der Waals surface area (Å²) in [6.07, 6.45) is 0. The molecule has 0 unspecified atom stereocenters.